The lowest BCUT2D eigenvalue weighted by atomic mass is 9.86. The van der Waals surface area contributed by atoms with Gasteiger partial charge in [0, 0.05) is 35.6 Å². The summed E-state index contributed by atoms with van der Waals surface area (Å²) in [5.74, 6) is -17.7. The molecule has 15 heteroatoms. The minimum Gasteiger partial charge on any atom is -0.480 e. The van der Waals surface area contributed by atoms with E-state index < -0.39 is 77.0 Å². The number of likely N-dealkylation sites (tertiary alicyclic amines) is 1. The number of para-hydroxylation sites is 1. The number of carboxylic acid groups (broad SMARTS) is 1. The summed E-state index contributed by atoms with van der Waals surface area (Å²) in [4.78, 5) is 59.4. The molecular weight excluding hydrogens is 715 g/mol. The molecule has 3 atom stereocenters. The first-order valence-electron chi connectivity index (χ1n) is 17.0. The summed E-state index contributed by atoms with van der Waals surface area (Å²) in [7, 11) is 0. The van der Waals surface area contributed by atoms with Crippen molar-refractivity contribution in [3.63, 3.8) is 0 Å². The van der Waals surface area contributed by atoms with E-state index in [9.17, 15) is 37.5 Å². The van der Waals surface area contributed by atoms with Gasteiger partial charge in [-0.3, -0.25) is 19.5 Å². The first kappa shape index (κ1) is 37.8. The topological polar surface area (TPSA) is 129 Å². The number of aliphatic carboxylic acids is 1. The maximum absolute atomic E-state index is 15.5. The minimum atomic E-state index is -2.49. The number of rotatable bonds is 12. The molecule has 2 heterocycles. The maximum atomic E-state index is 15.5. The number of hydrogen-bond donors (Lipinski definition) is 2. The lowest BCUT2D eigenvalue weighted by molar-refractivity contribution is -0.139. The van der Waals surface area contributed by atoms with Crippen LogP contribution in [-0.4, -0.2) is 76.3 Å². The normalized spacial score (nSPS) is 17.3. The Morgan fingerprint density at radius 3 is 2.07 bits per heavy atom. The van der Waals surface area contributed by atoms with Gasteiger partial charge >= 0.3 is 12.1 Å². The highest BCUT2D eigenvalue weighted by Crippen LogP contribution is 2.36. The van der Waals surface area contributed by atoms with Gasteiger partial charge < -0.3 is 15.2 Å². The molecule has 0 aliphatic carbocycles. The summed E-state index contributed by atoms with van der Waals surface area (Å²) in [6, 6.07) is 20.8. The van der Waals surface area contributed by atoms with Gasteiger partial charge in [0.05, 0.1) is 24.0 Å². The van der Waals surface area contributed by atoms with Gasteiger partial charge in [0.1, 0.15) is 6.61 Å². The molecule has 4 aromatic carbocycles. The average molecular weight is 749 g/mol. The van der Waals surface area contributed by atoms with E-state index in [-0.39, 0.29) is 41.6 Å². The van der Waals surface area contributed by atoms with Gasteiger partial charge in [-0.2, -0.15) is 0 Å². The van der Waals surface area contributed by atoms with Crippen molar-refractivity contribution in [3.8, 4) is 0 Å². The molecular formula is C39H33F5N4O6. The third-order valence-electron chi connectivity index (χ3n) is 9.36. The first-order chi connectivity index (χ1) is 26.0. The van der Waals surface area contributed by atoms with E-state index in [1.54, 1.807) is 36.4 Å². The highest BCUT2D eigenvalue weighted by atomic mass is 19.2. The Labute approximate surface area is 305 Å². The van der Waals surface area contributed by atoms with E-state index in [4.69, 9.17) is 4.74 Å². The Kier molecular flexibility index (Phi) is 11.5. The van der Waals surface area contributed by atoms with Gasteiger partial charge in [0.25, 0.3) is 0 Å². The number of cyclic esters (lactones) is 1. The largest absolute Gasteiger partial charge is 0.480 e. The Bertz CT molecular complexity index is 2070. The van der Waals surface area contributed by atoms with Crippen LogP contribution in [0, 0.1) is 29.1 Å². The summed E-state index contributed by atoms with van der Waals surface area (Å²) in [6.45, 7) is 0.654. The van der Waals surface area contributed by atoms with Crippen molar-refractivity contribution in [2.24, 2.45) is 4.99 Å². The Morgan fingerprint density at radius 1 is 0.833 bits per heavy atom. The van der Waals surface area contributed by atoms with E-state index in [2.05, 4.69) is 10.3 Å². The van der Waals surface area contributed by atoms with Crippen molar-refractivity contribution in [2.75, 3.05) is 25.0 Å². The molecule has 3 amide bonds. The van der Waals surface area contributed by atoms with Crippen LogP contribution in [-0.2, 0) is 25.7 Å². The molecule has 2 N–H and O–H groups in total. The molecule has 0 radical (unpaired) electrons. The van der Waals surface area contributed by atoms with E-state index >= 15 is 8.78 Å². The van der Waals surface area contributed by atoms with Gasteiger partial charge in [0.15, 0.2) is 29.3 Å². The zero-order valence-electron chi connectivity index (χ0n) is 28.5. The smallest absolute Gasteiger partial charge is 0.416 e. The van der Waals surface area contributed by atoms with Crippen molar-refractivity contribution in [1.82, 2.24) is 9.80 Å². The Hall–Kier alpha value is -5.96. The van der Waals surface area contributed by atoms with Crippen LogP contribution in [0.5, 0.6) is 0 Å². The number of carbonyl (C=O) groups excluding carboxylic acids is 3. The standard InChI is InChI=1S/C39H33F5N4O6/c40-30-29(31(41)33(43)34(44)32(30)42)25(20-28(49)48-18-19-54-39(48)53)36(38(51)52)46-35(23-12-5-2-6-13-23)24-14-7-8-15-26(24)45-37(50)27-16-9-17-47(27)21-22-10-3-1-4-11-22/h1-8,10-15,25,27,36H,9,16-21H2,(H,45,50)(H,51,52)/t25-,27-,36+/m0/s1. The van der Waals surface area contributed by atoms with Gasteiger partial charge in [-0.25, -0.2) is 36.4 Å². The summed E-state index contributed by atoms with van der Waals surface area (Å²) in [6.07, 6.45) is -1.03. The average Bonchev–Trinajstić information content (AvgIpc) is 3.83. The van der Waals surface area contributed by atoms with Crippen molar-refractivity contribution in [2.45, 2.75) is 43.8 Å². The molecule has 2 aliphatic heterocycles. The summed E-state index contributed by atoms with van der Waals surface area (Å²) >= 11 is 0. The van der Waals surface area contributed by atoms with Crippen LogP contribution in [0.4, 0.5) is 32.4 Å². The first-order valence-corrected chi connectivity index (χ1v) is 17.0. The lowest BCUT2D eigenvalue weighted by Gasteiger charge is -2.26. The van der Waals surface area contributed by atoms with Crippen molar-refractivity contribution < 1.29 is 51.0 Å². The number of carboxylic acids is 1. The minimum absolute atomic E-state index is 0.145. The van der Waals surface area contributed by atoms with E-state index in [1.807, 2.05) is 35.2 Å². The molecule has 2 aliphatic rings. The Balaban J connectivity index is 1.45. The zero-order valence-corrected chi connectivity index (χ0v) is 28.5. The number of benzene rings is 4. The summed E-state index contributed by atoms with van der Waals surface area (Å²) in [5.41, 5.74) is -0.140. The van der Waals surface area contributed by atoms with Crippen LogP contribution >= 0.6 is 0 Å². The van der Waals surface area contributed by atoms with Crippen molar-refractivity contribution in [1.29, 1.82) is 0 Å². The molecule has 4 aromatic rings. The second kappa shape index (κ2) is 16.4. The van der Waals surface area contributed by atoms with Crippen molar-refractivity contribution >= 4 is 35.3 Å². The van der Waals surface area contributed by atoms with Crippen LogP contribution in [0.1, 0.15) is 47.4 Å². The predicted molar refractivity (Wildman–Crippen MR) is 185 cm³/mol. The molecule has 0 spiro atoms. The third kappa shape index (κ3) is 7.86. The number of aliphatic imine (C=N–C) groups is 1. The molecule has 0 bridgehead atoms. The van der Waals surface area contributed by atoms with Crippen molar-refractivity contribution in [3.05, 3.63) is 136 Å². The number of nitrogens with one attached hydrogen (secondary N) is 1. The number of carbonyl (C=O) groups is 4. The molecule has 10 nitrogen and oxygen atoms in total. The molecule has 6 rings (SSSR count). The van der Waals surface area contributed by atoms with Crippen LogP contribution < -0.4 is 5.32 Å². The number of amides is 3. The van der Waals surface area contributed by atoms with Gasteiger partial charge in [0.2, 0.25) is 17.6 Å². The zero-order chi connectivity index (χ0) is 38.5. The molecule has 0 saturated carbocycles. The Morgan fingerprint density at radius 2 is 1.44 bits per heavy atom. The summed E-state index contributed by atoms with van der Waals surface area (Å²) < 4.78 is 79.1. The molecule has 0 unspecified atom stereocenters. The molecule has 2 fully saturated rings. The number of nitrogens with zero attached hydrogens (tertiary/aromatic N) is 3. The molecule has 0 aromatic heterocycles. The highest BCUT2D eigenvalue weighted by Gasteiger charge is 2.42. The SMILES string of the molecule is O=C(O)[C@H](N=C(c1ccccc1)c1ccccc1NC(=O)[C@@H]1CCCN1Cc1ccccc1)[C@@H](CC(=O)N1CCOC1=O)c1c(F)c(F)c(F)c(F)c1F. The fourth-order valence-electron chi connectivity index (χ4n) is 6.73. The van der Waals surface area contributed by atoms with Crippen LogP contribution in [0.3, 0.4) is 0 Å². The van der Waals surface area contributed by atoms with E-state index in [1.165, 1.54) is 18.2 Å². The quantitative estimate of drug-likeness (QED) is 0.0740. The second-order valence-corrected chi connectivity index (χ2v) is 12.7. The van der Waals surface area contributed by atoms with Gasteiger partial charge in [-0.1, -0.05) is 78.9 Å². The van der Waals surface area contributed by atoms with E-state index in [0.717, 1.165) is 12.0 Å². The van der Waals surface area contributed by atoms with Gasteiger partial charge in [-0.05, 0) is 31.0 Å². The lowest BCUT2D eigenvalue weighted by Crippen LogP contribution is -2.39. The van der Waals surface area contributed by atoms with Crippen LogP contribution in [0.25, 0.3) is 0 Å². The number of hydrogen-bond acceptors (Lipinski definition) is 7. The van der Waals surface area contributed by atoms with E-state index in [0.29, 0.717) is 24.4 Å². The fourth-order valence-corrected chi connectivity index (χ4v) is 6.73. The molecule has 280 valence electrons. The molecule has 2 saturated heterocycles. The fraction of sp³-hybridized carbons (Fsp3) is 0.256. The second-order valence-electron chi connectivity index (χ2n) is 12.7. The highest BCUT2D eigenvalue weighted by molar-refractivity contribution is 6.18. The maximum Gasteiger partial charge on any atom is 0.416 e. The van der Waals surface area contributed by atoms with Gasteiger partial charge in [-0.15, -0.1) is 0 Å². The summed E-state index contributed by atoms with van der Waals surface area (Å²) in [5, 5.41) is 13.5. The van der Waals surface area contributed by atoms with Crippen LogP contribution in [0.2, 0.25) is 0 Å². The number of ether oxygens (including phenoxy) is 1. The predicted octanol–water partition coefficient (Wildman–Crippen LogP) is 6.43. The molecule has 54 heavy (non-hydrogen) atoms. The number of halogens is 5. The number of imide groups is 1. The van der Waals surface area contributed by atoms with Crippen LogP contribution in [0.15, 0.2) is 89.9 Å². The number of anilines is 1. The third-order valence-corrected chi connectivity index (χ3v) is 9.36. The monoisotopic (exact) mass is 748 g/mol.